The third-order valence-corrected chi connectivity index (χ3v) is 7.20. The fraction of sp³-hybridized carbons (Fsp3) is 0.591. The molecule has 1 heterocycles. The van der Waals surface area contributed by atoms with Crippen LogP contribution >= 0.6 is 0 Å². The number of carbonyl (C=O) groups is 1. The van der Waals surface area contributed by atoms with Crippen LogP contribution in [0.3, 0.4) is 0 Å². The minimum absolute atomic E-state index is 0.230. The maximum absolute atomic E-state index is 11.3. The van der Waals surface area contributed by atoms with Crippen molar-refractivity contribution >= 4 is 11.7 Å². The van der Waals surface area contributed by atoms with E-state index in [2.05, 4.69) is 17.0 Å². The number of aromatic carboxylic acids is 1. The maximum atomic E-state index is 11.3. The summed E-state index contributed by atoms with van der Waals surface area (Å²) in [4.78, 5) is 13.4. The number of carboxylic acids is 1. The molecule has 4 rings (SSSR count). The molecule has 5 heteroatoms. The van der Waals surface area contributed by atoms with Gasteiger partial charge in [-0.25, -0.2) is 4.79 Å². The highest BCUT2D eigenvalue weighted by molar-refractivity contribution is 5.88. The van der Waals surface area contributed by atoms with Gasteiger partial charge in [0.1, 0.15) is 11.1 Å². The van der Waals surface area contributed by atoms with Crippen LogP contribution in [0.2, 0.25) is 0 Å². The Morgan fingerprint density at radius 2 is 1.48 bits per heavy atom. The molecule has 2 saturated carbocycles. The molecule has 1 aromatic rings. The van der Waals surface area contributed by atoms with Gasteiger partial charge in [0, 0.05) is 5.69 Å². The predicted molar refractivity (Wildman–Crippen MR) is 101 cm³/mol. The molecule has 3 fully saturated rings. The fourth-order valence-electron chi connectivity index (χ4n) is 5.98. The molecular weight excluding hydrogens is 338 g/mol. The van der Waals surface area contributed by atoms with Crippen molar-refractivity contribution in [3.05, 3.63) is 29.8 Å². The van der Waals surface area contributed by atoms with E-state index in [0.717, 1.165) is 63.5 Å². The Kier molecular flexibility index (Phi) is 4.35. The Hall–Kier alpha value is -2.53. The lowest BCUT2D eigenvalue weighted by atomic mass is 9.57. The zero-order valence-corrected chi connectivity index (χ0v) is 15.5. The first-order chi connectivity index (χ1) is 13.1. The number of anilines is 1. The molecule has 3 aliphatic rings. The van der Waals surface area contributed by atoms with Gasteiger partial charge in [-0.15, -0.1) is 0 Å². The summed E-state index contributed by atoms with van der Waals surface area (Å²) in [5.74, 6) is -0.406. The number of hydrogen-bond acceptors (Lipinski definition) is 4. The first-order valence-electron chi connectivity index (χ1n) is 10.0. The molecule has 5 nitrogen and oxygen atoms in total. The van der Waals surface area contributed by atoms with E-state index in [4.69, 9.17) is 0 Å². The summed E-state index contributed by atoms with van der Waals surface area (Å²) in [5.41, 5.74) is -0.270. The molecule has 2 aliphatic carbocycles. The zero-order chi connectivity index (χ0) is 19.1. The van der Waals surface area contributed by atoms with Crippen molar-refractivity contribution in [1.82, 2.24) is 0 Å². The number of nitrogens with zero attached hydrogens (tertiary/aromatic N) is 3. The van der Waals surface area contributed by atoms with Crippen molar-refractivity contribution in [2.45, 2.75) is 68.9 Å². The Balaban J connectivity index is 1.89. The van der Waals surface area contributed by atoms with E-state index >= 15 is 0 Å². The molecule has 1 aliphatic heterocycles. The zero-order valence-electron chi connectivity index (χ0n) is 15.5. The highest BCUT2D eigenvalue weighted by atomic mass is 16.4. The molecular formula is C22H25N3O2. The number of benzene rings is 1. The minimum Gasteiger partial charge on any atom is -0.478 e. The minimum atomic E-state index is -0.962. The van der Waals surface area contributed by atoms with Crippen LogP contribution < -0.4 is 4.90 Å². The van der Waals surface area contributed by atoms with Crippen molar-refractivity contribution in [2.75, 3.05) is 4.90 Å². The number of rotatable bonds is 2. The van der Waals surface area contributed by atoms with Crippen LogP contribution in [-0.2, 0) is 0 Å². The van der Waals surface area contributed by atoms with Crippen molar-refractivity contribution < 1.29 is 9.90 Å². The summed E-state index contributed by atoms with van der Waals surface area (Å²) >= 11 is 0. The summed E-state index contributed by atoms with van der Waals surface area (Å²) in [6, 6.07) is 12.1. The molecule has 1 N–H and O–H groups in total. The second-order valence-electron chi connectivity index (χ2n) is 8.38. The largest absolute Gasteiger partial charge is 0.478 e. The highest BCUT2D eigenvalue weighted by Gasteiger charge is 2.61. The molecule has 4 atom stereocenters. The smallest absolute Gasteiger partial charge is 0.335 e. The Labute approximate surface area is 160 Å². The van der Waals surface area contributed by atoms with Crippen molar-refractivity contribution in [2.24, 2.45) is 11.8 Å². The van der Waals surface area contributed by atoms with Crippen LogP contribution in [0, 0.1) is 34.5 Å². The fourth-order valence-corrected chi connectivity index (χ4v) is 5.98. The molecule has 1 aromatic carbocycles. The number of hydrogen-bond donors (Lipinski definition) is 1. The highest BCUT2D eigenvalue weighted by Crippen LogP contribution is 2.57. The predicted octanol–water partition coefficient (Wildman–Crippen LogP) is 4.50. The Morgan fingerprint density at radius 3 is 1.93 bits per heavy atom. The summed E-state index contributed by atoms with van der Waals surface area (Å²) in [6.07, 6.45) is 8.89. The molecule has 0 amide bonds. The monoisotopic (exact) mass is 363 g/mol. The third-order valence-electron chi connectivity index (χ3n) is 7.20. The van der Waals surface area contributed by atoms with Gasteiger partial charge in [0.05, 0.1) is 17.7 Å². The molecule has 27 heavy (non-hydrogen) atoms. The normalized spacial score (nSPS) is 35.3. The second-order valence-corrected chi connectivity index (χ2v) is 8.38. The van der Waals surface area contributed by atoms with Gasteiger partial charge in [0.15, 0.2) is 0 Å². The molecule has 0 radical (unpaired) electrons. The third kappa shape index (κ3) is 2.52. The Bertz CT molecular complexity index is 781. The summed E-state index contributed by atoms with van der Waals surface area (Å²) < 4.78 is 0. The van der Waals surface area contributed by atoms with E-state index < -0.39 is 17.0 Å². The van der Waals surface area contributed by atoms with Crippen LogP contribution in [0.15, 0.2) is 24.3 Å². The van der Waals surface area contributed by atoms with Gasteiger partial charge >= 0.3 is 5.97 Å². The van der Waals surface area contributed by atoms with Gasteiger partial charge < -0.3 is 10.0 Å². The molecule has 0 bridgehead atoms. The van der Waals surface area contributed by atoms with Crippen molar-refractivity contribution in [3.8, 4) is 12.1 Å². The van der Waals surface area contributed by atoms with E-state index in [-0.39, 0.29) is 17.4 Å². The SMILES string of the molecule is N#CC12CCCCC1CC1CCCCC1(C#N)N2c1ccc(C(=O)O)cc1. The number of carboxylic acid groups (broad SMARTS) is 1. The van der Waals surface area contributed by atoms with Gasteiger partial charge in [0.2, 0.25) is 0 Å². The van der Waals surface area contributed by atoms with Crippen LogP contribution in [0.4, 0.5) is 5.69 Å². The molecule has 140 valence electrons. The van der Waals surface area contributed by atoms with E-state index in [0.29, 0.717) is 0 Å². The molecule has 1 saturated heterocycles. The molecule has 4 unspecified atom stereocenters. The second kappa shape index (κ2) is 6.57. The summed E-state index contributed by atoms with van der Waals surface area (Å²) in [6.45, 7) is 0. The van der Waals surface area contributed by atoms with Gasteiger partial charge in [-0.2, -0.15) is 10.5 Å². The summed E-state index contributed by atoms with van der Waals surface area (Å²) in [5, 5.41) is 29.9. The maximum Gasteiger partial charge on any atom is 0.335 e. The first-order valence-corrected chi connectivity index (χ1v) is 10.0. The lowest BCUT2D eigenvalue weighted by Gasteiger charge is -2.62. The van der Waals surface area contributed by atoms with Gasteiger partial charge in [-0.05, 0) is 68.2 Å². The van der Waals surface area contributed by atoms with Crippen LogP contribution in [-0.4, -0.2) is 22.2 Å². The van der Waals surface area contributed by atoms with Gasteiger partial charge in [-0.1, -0.05) is 25.7 Å². The topological polar surface area (TPSA) is 88.1 Å². The lowest BCUT2D eigenvalue weighted by Crippen LogP contribution is -2.71. The van der Waals surface area contributed by atoms with E-state index in [1.807, 2.05) is 0 Å². The van der Waals surface area contributed by atoms with Crippen molar-refractivity contribution in [1.29, 1.82) is 10.5 Å². The van der Waals surface area contributed by atoms with Gasteiger partial charge in [0.25, 0.3) is 0 Å². The van der Waals surface area contributed by atoms with Crippen LogP contribution in [0.5, 0.6) is 0 Å². The molecule has 0 spiro atoms. The first kappa shape index (κ1) is 17.9. The van der Waals surface area contributed by atoms with E-state index in [1.165, 1.54) is 0 Å². The quantitative estimate of drug-likeness (QED) is 0.836. The lowest BCUT2D eigenvalue weighted by molar-refractivity contribution is 0.0615. The van der Waals surface area contributed by atoms with E-state index in [1.54, 1.807) is 24.3 Å². The van der Waals surface area contributed by atoms with Crippen LogP contribution in [0.25, 0.3) is 0 Å². The Morgan fingerprint density at radius 1 is 0.963 bits per heavy atom. The van der Waals surface area contributed by atoms with E-state index in [9.17, 15) is 20.4 Å². The van der Waals surface area contributed by atoms with Crippen molar-refractivity contribution in [3.63, 3.8) is 0 Å². The van der Waals surface area contributed by atoms with Gasteiger partial charge in [-0.3, -0.25) is 0 Å². The number of fused-ring (bicyclic) bond motifs is 2. The average molecular weight is 363 g/mol. The average Bonchev–Trinajstić information content (AvgIpc) is 2.71. The summed E-state index contributed by atoms with van der Waals surface area (Å²) in [7, 11) is 0. The number of piperidine rings is 1. The standard InChI is InChI=1S/C22H25N3O2/c23-14-21-11-3-1-5-17(21)13-18-6-2-4-12-22(18,15-24)25(21)19-9-7-16(8-10-19)20(26)27/h7-10,17-18H,1-6,11-13H2,(H,26,27). The number of nitriles is 2. The molecule has 0 aromatic heterocycles. The van der Waals surface area contributed by atoms with Crippen LogP contribution in [0.1, 0.15) is 68.1 Å².